The van der Waals surface area contributed by atoms with Crippen molar-refractivity contribution in [3.63, 3.8) is 0 Å². The van der Waals surface area contributed by atoms with Crippen LogP contribution in [-0.2, 0) is 9.59 Å². The van der Waals surface area contributed by atoms with Crippen molar-refractivity contribution in [2.45, 2.75) is 32.9 Å². The van der Waals surface area contributed by atoms with E-state index in [4.69, 9.17) is 0 Å². The van der Waals surface area contributed by atoms with Crippen LogP contribution in [0, 0.1) is 20.8 Å². The Morgan fingerprint density at radius 3 is 2.48 bits per heavy atom. The first kappa shape index (κ1) is 20.6. The minimum atomic E-state index is -0.165. The molecule has 0 unspecified atom stereocenters. The number of nitrogens with one attached hydrogen (secondary N) is 2. The number of anilines is 2. The Morgan fingerprint density at radius 1 is 1.00 bits per heavy atom. The molecule has 7 nitrogen and oxygen atoms in total. The highest BCUT2D eigenvalue weighted by Gasteiger charge is 2.12. The first-order chi connectivity index (χ1) is 13.8. The van der Waals surface area contributed by atoms with Crippen molar-refractivity contribution in [3.05, 3.63) is 59.4 Å². The Labute approximate surface area is 173 Å². The molecule has 2 aromatic carbocycles. The molecule has 8 heteroatoms. The van der Waals surface area contributed by atoms with Gasteiger partial charge in [0.1, 0.15) is 6.33 Å². The van der Waals surface area contributed by atoms with Crippen molar-refractivity contribution < 1.29 is 9.59 Å². The normalized spacial score (nSPS) is 10.6. The van der Waals surface area contributed by atoms with E-state index in [0.29, 0.717) is 16.5 Å². The lowest BCUT2D eigenvalue weighted by Crippen LogP contribution is -2.15. The Bertz CT molecular complexity index is 1060. The van der Waals surface area contributed by atoms with Gasteiger partial charge in [-0.2, -0.15) is 0 Å². The molecule has 0 bridgehead atoms. The molecule has 150 valence electrons. The number of thioether (sulfide) groups is 1. The third-order valence-corrected chi connectivity index (χ3v) is 5.39. The third-order valence-electron chi connectivity index (χ3n) is 4.45. The van der Waals surface area contributed by atoms with Crippen LogP contribution >= 0.6 is 11.8 Å². The van der Waals surface area contributed by atoms with E-state index >= 15 is 0 Å². The van der Waals surface area contributed by atoms with Gasteiger partial charge in [-0.3, -0.25) is 14.2 Å². The number of rotatable bonds is 6. The predicted octanol–water partition coefficient (Wildman–Crippen LogP) is 3.88. The highest BCUT2D eigenvalue weighted by Crippen LogP contribution is 2.23. The SMILES string of the molecule is CC(=O)Nc1cc(NC(=O)CSc2nncn2-c2ccc(C)c(C)c2)ccc1C. The van der Waals surface area contributed by atoms with Gasteiger partial charge in [-0.05, 0) is 61.7 Å². The largest absolute Gasteiger partial charge is 0.326 e. The topological polar surface area (TPSA) is 88.9 Å². The Morgan fingerprint density at radius 2 is 1.76 bits per heavy atom. The molecule has 3 rings (SSSR count). The van der Waals surface area contributed by atoms with Crippen molar-refractivity contribution in [3.8, 4) is 5.69 Å². The Kier molecular flexibility index (Phi) is 6.33. The van der Waals surface area contributed by atoms with E-state index in [9.17, 15) is 9.59 Å². The van der Waals surface area contributed by atoms with Crippen LogP contribution in [-0.4, -0.2) is 32.3 Å². The number of amides is 2. The number of benzene rings is 2. The summed E-state index contributed by atoms with van der Waals surface area (Å²) >= 11 is 1.31. The van der Waals surface area contributed by atoms with Crippen LogP contribution < -0.4 is 10.6 Å². The van der Waals surface area contributed by atoms with Gasteiger partial charge < -0.3 is 10.6 Å². The smallest absolute Gasteiger partial charge is 0.234 e. The third kappa shape index (κ3) is 5.23. The van der Waals surface area contributed by atoms with Gasteiger partial charge in [-0.1, -0.05) is 23.9 Å². The number of aryl methyl sites for hydroxylation is 3. The van der Waals surface area contributed by atoms with E-state index in [1.165, 1.54) is 29.8 Å². The molecular formula is C21H23N5O2S. The van der Waals surface area contributed by atoms with Gasteiger partial charge in [0.15, 0.2) is 5.16 Å². The number of carbonyl (C=O) groups excluding carboxylic acids is 2. The quantitative estimate of drug-likeness (QED) is 0.603. The van der Waals surface area contributed by atoms with E-state index in [1.807, 2.05) is 23.6 Å². The molecule has 2 N–H and O–H groups in total. The number of carbonyl (C=O) groups is 2. The number of nitrogens with zero attached hydrogens (tertiary/aromatic N) is 3. The van der Waals surface area contributed by atoms with Crippen molar-refractivity contribution in [2.24, 2.45) is 0 Å². The van der Waals surface area contributed by atoms with Crippen LogP contribution in [0.25, 0.3) is 5.69 Å². The summed E-state index contributed by atoms with van der Waals surface area (Å²) in [5, 5.41) is 14.4. The summed E-state index contributed by atoms with van der Waals surface area (Å²) in [6, 6.07) is 11.5. The summed E-state index contributed by atoms with van der Waals surface area (Å²) in [6.07, 6.45) is 1.64. The molecule has 0 fully saturated rings. The molecule has 0 atom stereocenters. The maximum atomic E-state index is 12.4. The zero-order valence-corrected chi connectivity index (χ0v) is 17.6. The Hall–Kier alpha value is -3.13. The van der Waals surface area contributed by atoms with Gasteiger partial charge in [0, 0.05) is 24.0 Å². The number of hydrogen-bond donors (Lipinski definition) is 2. The average molecular weight is 410 g/mol. The van der Waals surface area contributed by atoms with Gasteiger partial charge in [-0.25, -0.2) is 0 Å². The zero-order valence-electron chi connectivity index (χ0n) is 16.8. The number of hydrogen-bond acceptors (Lipinski definition) is 5. The van der Waals surface area contributed by atoms with Crippen LogP contribution in [0.1, 0.15) is 23.6 Å². The fourth-order valence-corrected chi connectivity index (χ4v) is 3.46. The van der Waals surface area contributed by atoms with Crippen LogP contribution in [0.4, 0.5) is 11.4 Å². The predicted molar refractivity (Wildman–Crippen MR) is 116 cm³/mol. The van der Waals surface area contributed by atoms with Crippen LogP contribution in [0.2, 0.25) is 0 Å². The summed E-state index contributed by atoms with van der Waals surface area (Å²) in [6.45, 7) is 7.47. The molecule has 0 aliphatic rings. The molecule has 2 amide bonds. The summed E-state index contributed by atoms with van der Waals surface area (Å²) in [5.41, 5.74) is 5.58. The fourth-order valence-electron chi connectivity index (χ4n) is 2.73. The summed E-state index contributed by atoms with van der Waals surface area (Å²) in [7, 11) is 0. The summed E-state index contributed by atoms with van der Waals surface area (Å²) in [5.74, 6) is -0.132. The monoisotopic (exact) mass is 409 g/mol. The standard InChI is InChI=1S/C21H23N5O2S/c1-13-6-8-18(9-15(13)3)26-12-22-25-21(26)29-11-20(28)24-17-7-5-14(2)19(10-17)23-16(4)27/h5-10,12H,11H2,1-4H3,(H,23,27)(H,24,28). The van der Waals surface area contributed by atoms with Crippen LogP contribution in [0.3, 0.4) is 0 Å². The molecule has 0 spiro atoms. The Balaban J connectivity index is 1.66. The molecule has 0 saturated heterocycles. The number of aromatic nitrogens is 3. The maximum absolute atomic E-state index is 12.4. The van der Waals surface area contributed by atoms with E-state index in [0.717, 1.165) is 11.3 Å². The minimum Gasteiger partial charge on any atom is -0.326 e. The highest BCUT2D eigenvalue weighted by atomic mass is 32.2. The van der Waals surface area contributed by atoms with Crippen molar-refractivity contribution in [1.29, 1.82) is 0 Å². The lowest BCUT2D eigenvalue weighted by Gasteiger charge is -2.11. The fraction of sp³-hybridized carbons (Fsp3) is 0.238. The van der Waals surface area contributed by atoms with Crippen molar-refractivity contribution in [2.75, 3.05) is 16.4 Å². The average Bonchev–Trinajstić information content (AvgIpc) is 3.13. The maximum Gasteiger partial charge on any atom is 0.234 e. The van der Waals surface area contributed by atoms with E-state index in [1.54, 1.807) is 18.5 Å². The second-order valence-electron chi connectivity index (χ2n) is 6.80. The molecule has 0 aliphatic carbocycles. The summed E-state index contributed by atoms with van der Waals surface area (Å²) in [4.78, 5) is 23.7. The van der Waals surface area contributed by atoms with Gasteiger partial charge >= 0.3 is 0 Å². The highest BCUT2D eigenvalue weighted by molar-refractivity contribution is 7.99. The van der Waals surface area contributed by atoms with Gasteiger partial charge in [0.25, 0.3) is 0 Å². The molecule has 1 heterocycles. The summed E-state index contributed by atoms with van der Waals surface area (Å²) < 4.78 is 1.87. The van der Waals surface area contributed by atoms with Crippen molar-refractivity contribution in [1.82, 2.24) is 14.8 Å². The molecule has 0 saturated carbocycles. The molecule has 0 aliphatic heterocycles. The molecule has 0 radical (unpaired) electrons. The minimum absolute atomic E-state index is 0.155. The van der Waals surface area contributed by atoms with E-state index in [-0.39, 0.29) is 17.6 Å². The molecular weight excluding hydrogens is 386 g/mol. The van der Waals surface area contributed by atoms with E-state index in [2.05, 4.69) is 46.8 Å². The van der Waals surface area contributed by atoms with Crippen LogP contribution in [0.15, 0.2) is 47.9 Å². The van der Waals surface area contributed by atoms with Crippen molar-refractivity contribution >= 4 is 35.0 Å². The second kappa shape index (κ2) is 8.91. The molecule has 1 aromatic heterocycles. The zero-order chi connectivity index (χ0) is 21.0. The first-order valence-electron chi connectivity index (χ1n) is 9.12. The lowest BCUT2D eigenvalue weighted by molar-refractivity contribution is -0.114. The van der Waals surface area contributed by atoms with E-state index < -0.39 is 0 Å². The second-order valence-corrected chi connectivity index (χ2v) is 7.74. The van der Waals surface area contributed by atoms with Gasteiger partial charge in [0.2, 0.25) is 11.8 Å². The molecule has 29 heavy (non-hydrogen) atoms. The van der Waals surface area contributed by atoms with Gasteiger partial charge in [-0.15, -0.1) is 10.2 Å². The molecule has 3 aromatic rings. The van der Waals surface area contributed by atoms with Gasteiger partial charge in [0.05, 0.1) is 5.75 Å². The lowest BCUT2D eigenvalue weighted by atomic mass is 10.1. The van der Waals surface area contributed by atoms with Crippen LogP contribution in [0.5, 0.6) is 0 Å². The first-order valence-corrected chi connectivity index (χ1v) is 10.1.